The van der Waals surface area contributed by atoms with Crippen LogP contribution >= 0.6 is 35.7 Å². The van der Waals surface area contributed by atoms with Crippen LogP contribution in [0.4, 0.5) is 0 Å². The van der Waals surface area contributed by atoms with Gasteiger partial charge in [-0.2, -0.15) is 11.8 Å². The standard InChI is InChI=1S/C17H29N3OS.HI/c1-5-18-17(19-9-10-22-4)20-12-15-7-6-8-16(11-15)21-13-14(2)3;/h6-8,11,14H,5,9-10,12-13H2,1-4H3,(H2,18,19,20);1H. The van der Waals surface area contributed by atoms with Crippen LogP contribution in [-0.2, 0) is 6.54 Å². The molecule has 0 saturated heterocycles. The number of hydrogen-bond donors (Lipinski definition) is 2. The van der Waals surface area contributed by atoms with Crippen molar-refractivity contribution < 1.29 is 4.74 Å². The molecule has 0 unspecified atom stereocenters. The molecule has 0 fully saturated rings. The van der Waals surface area contributed by atoms with Gasteiger partial charge in [-0.3, -0.25) is 0 Å². The Kier molecular flexibility index (Phi) is 13.4. The Morgan fingerprint density at radius 3 is 2.74 bits per heavy atom. The molecule has 0 aliphatic carbocycles. The lowest BCUT2D eigenvalue weighted by atomic mass is 10.2. The number of guanidine groups is 1. The highest BCUT2D eigenvalue weighted by atomic mass is 127. The van der Waals surface area contributed by atoms with Crippen LogP contribution in [0.3, 0.4) is 0 Å². The maximum Gasteiger partial charge on any atom is 0.191 e. The van der Waals surface area contributed by atoms with E-state index in [9.17, 15) is 0 Å². The van der Waals surface area contributed by atoms with Gasteiger partial charge in [-0.05, 0) is 36.8 Å². The Bertz CT molecular complexity index is 455. The predicted octanol–water partition coefficient (Wildman–Crippen LogP) is 3.76. The molecule has 4 nitrogen and oxygen atoms in total. The third-order valence-electron chi connectivity index (χ3n) is 2.84. The van der Waals surface area contributed by atoms with Gasteiger partial charge in [0.25, 0.3) is 0 Å². The van der Waals surface area contributed by atoms with E-state index < -0.39 is 0 Å². The normalized spacial score (nSPS) is 11.1. The third kappa shape index (κ3) is 10.7. The van der Waals surface area contributed by atoms with E-state index in [0.717, 1.165) is 42.7 Å². The second-order valence-corrected chi connectivity index (χ2v) is 6.45. The topological polar surface area (TPSA) is 45.7 Å². The Morgan fingerprint density at radius 1 is 1.30 bits per heavy atom. The average molecular weight is 451 g/mol. The molecule has 0 saturated carbocycles. The van der Waals surface area contributed by atoms with Crippen molar-refractivity contribution in [2.45, 2.75) is 27.3 Å². The summed E-state index contributed by atoms with van der Waals surface area (Å²) in [5, 5.41) is 6.60. The molecule has 1 rings (SSSR count). The first-order chi connectivity index (χ1) is 10.7. The van der Waals surface area contributed by atoms with E-state index >= 15 is 0 Å². The van der Waals surface area contributed by atoms with Gasteiger partial charge in [-0.25, -0.2) is 4.99 Å². The van der Waals surface area contributed by atoms with E-state index in [1.807, 2.05) is 23.9 Å². The van der Waals surface area contributed by atoms with Gasteiger partial charge in [-0.1, -0.05) is 26.0 Å². The van der Waals surface area contributed by atoms with Gasteiger partial charge < -0.3 is 15.4 Å². The van der Waals surface area contributed by atoms with E-state index in [1.165, 1.54) is 0 Å². The van der Waals surface area contributed by atoms with Crippen LogP contribution in [0, 0.1) is 5.92 Å². The van der Waals surface area contributed by atoms with Crippen LogP contribution in [0.1, 0.15) is 26.3 Å². The smallest absolute Gasteiger partial charge is 0.191 e. The molecule has 1 aromatic rings. The van der Waals surface area contributed by atoms with E-state index in [2.05, 4.69) is 54.8 Å². The SMILES string of the molecule is CCNC(=NCc1cccc(OCC(C)C)c1)NCCSC.I. The predicted molar refractivity (Wildman–Crippen MR) is 113 cm³/mol. The number of nitrogens with zero attached hydrogens (tertiary/aromatic N) is 1. The van der Waals surface area contributed by atoms with Gasteiger partial charge in [0.15, 0.2) is 5.96 Å². The van der Waals surface area contributed by atoms with Gasteiger partial charge in [0.05, 0.1) is 13.2 Å². The summed E-state index contributed by atoms with van der Waals surface area (Å²) in [7, 11) is 0. The van der Waals surface area contributed by atoms with Crippen LogP contribution < -0.4 is 15.4 Å². The minimum absolute atomic E-state index is 0. The van der Waals surface area contributed by atoms with Crippen LogP contribution in [0.5, 0.6) is 5.75 Å². The maximum absolute atomic E-state index is 5.76. The Hall–Kier alpha value is -0.630. The summed E-state index contributed by atoms with van der Waals surface area (Å²) in [6, 6.07) is 8.17. The first-order valence-electron chi connectivity index (χ1n) is 7.88. The Morgan fingerprint density at radius 2 is 2.09 bits per heavy atom. The molecule has 0 aliphatic heterocycles. The number of ether oxygens (including phenoxy) is 1. The highest BCUT2D eigenvalue weighted by Gasteiger charge is 2.00. The first-order valence-corrected chi connectivity index (χ1v) is 9.28. The highest BCUT2D eigenvalue weighted by Crippen LogP contribution is 2.15. The summed E-state index contributed by atoms with van der Waals surface area (Å²) in [6.45, 7) is 9.55. The molecule has 132 valence electrons. The van der Waals surface area contributed by atoms with Crippen LogP contribution in [0.25, 0.3) is 0 Å². The summed E-state index contributed by atoms with van der Waals surface area (Å²) >= 11 is 1.82. The highest BCUT2D eigenvalue weighted by molar-refractivity contribution is 14.0. The second kappa shape index (κ2) is 13.8. The van der Waals surface area contributed by atoms with Crippen molar-refractivity contribution in [3.63, 3.8) is 0 Å². The number of rotatable bonds is 9. The molecular weight excluding hydrogens is 421 g/mol. The first kappa shape index (κ1) is 22.4. The van der Waals surface area contributed by atoms with Crippen LogP contribution in [0.2, 0.25) is 0 Å². The van der Waals surface area contributed by atoms with E-state index in [-0.39, 0.29) is 24.0 Å². The van der Waals surface area contributed by atoms with Crippen molar-refractivity contribution in [2.75, 3.05) is 31.7 Å². The molecule has 23 heavy (non-hydrogen) atoms. The Labute approximate surface area is 162 Å². The molecule has 0 atom stereocenters. The van der Waals surface area contributed by atoms with Crippen molar-refractivity contribution in [3.8, 4) is 5.75 Å². The van der Waals surface area contributed by atoms with Gasteiger partial charge in [0.2, 0.25) is 0 Å². The molecular formula is C17H30IN3OS. The zero-order valence-corrected chi connectivity index (χ0v) is 17.7. The quantitative estimate of drug-likeness (QED) is 0.260. The molecule has 0 aromatic heterocycles. The molecule has 0 heterocycles. The third-order valence-corrected chi connectivity index (χ3v) is 3.46. The van der Waals surface area contributed by atoms with Gasteiger partial charge in [0, 0.05) is 18.8 Å². The second-order valence-electron chi connectivity index (χ2n) is 5.47. The fourth-order valence-corrected chi connectivity index (χ4v) is 2.09. The van der Waals surface area contributed by atoms with E-state index in [0.29, 0.717) is 12.5 Å². The number of aliphatic imine (C=N–C) groups is 1. The number of hydrogen-bond acceptors (Lipinski definition) is 3. The van der Waals surface area contributed by atoms with Gasteiger partial charge in [-0.15, -0.1) is 24.0 Å². The largest absolute Gasteiger partial charge is 0.493 e. The lowest BCUT2D eigenvalue weighted by Crippen LogP contribution is -2.38. The summed E-state index contributed by atoms with van der Waals surface area (Å²) in [5.41, 5.74) is 1.16. The molecule has 2 N–H and O–H groups in total. The van der Waals surface area contributed by atoms with Gasteiger partial charge in [0.1, 0.15) is 5.75 Å². The van der Waals surface area contributed by atoms with Crippen LogP contribution in [-0.4, -0.2) is 37.7 Å². The molecule has 0 bridgehead atoms. The maximum atomic E-state index is 5.76. The lowest BCUT2D eigenvalue weighted by Gasteiger charge is -2.11. The molecule has 6 heteroatoms. The van der Waals surface area contributed by atoms with Crippen molar-refractivity contribution in [3.05, 3.63) is 29.8 Å². The lowest BCUT2D eigenvalue weighted by molar-refractivity contribution is 0.271. The van der Waals surface area contributed by atoms with Crippen molar-refractivity contribution in [2.24, 2.45) is 10.9 Å². The van der Waals surface area contributed by atoms with Gasteiger partial charge >= 0.3 is 0 Å². The fraction of sp³-hybridized carbons (Fsp3) is 0.588. The minimum Gasteiger partial charge on any atom is -0.493 e. The number of nitrogens with one attached hydrogen (secondary N) is 2. The van der Waals surface area contributed by atoms with Crippen molar-refractivity contribution in [1.82, 2.24) is 10.6 Å². The Balaban J connectivity index is 0.00000484. The van der Waals surface area contributed by atoms with E-state index in [1.54, 1.807) is 0 Å². The van der Waals surface area contributed by atoms with E-state index in [4.69, 9.17) is 4.74 Å². The molecule has 1 aromatic carbocycles. The summed E-state index contributed by atoms with van der Waals surface area (Å²) in [6.07, 6.45) is 2.11. The fourth-order valence-electron chi connectivity index (χ4n) is 1.78. The molecule has 0 aliphatic rings. The zero-order chi connectivity index (χ0) is 16.2. The number of thioether (sulfide) groups is 1. The number of benzene rings is 1. The van der Waals surface area contributed by atoms with Crippen molar-refractivity contribution >= 4 is 41.7 Å². The number of halogens is 1. The average Bonchev–Trinajstić information content (AvgIpc) is 2.51. The zero-order valence-electron chi connectivity index (χ0n) is 14.6. The molecule has 0 spiro atoms. The molecule has 0 radical (unpaired) electrons. The van der Waals surface area contributed by atoms with Crippen LogP contribution in [0.15, 0.2) is 29.3 Å². The van der Waals surface area contributed by atoms with Crippen molar-refractivity contribution in [1.29, 1.82) is 0 Å². The minimum atomic E-state index is 0. The monoisotopic (exact) mass is 451 g/mol. The molecule has 0 amide bonds. The summed E-state index contributed by atoms with van der Waals surface area (Å²) in [5.74, 6) is 3.39. The summed E-state index contributed by atoms with van der Waals surface area (Å²) < 4.78 is 5.76. The summed E-state index contributed by atoms with van der Waals surface area (Å²) in [4.78, 5) is 4.62.